The molecule has 2 heterocycles. The molecule has 4 nitrogen and oxygen atoms in total. The van der Waals surface area contributed by atoms with Gasteiger partial charge in [0, 0.05) is 18.3 Å². The topological polar surface area (TPSA) is 55.8 Å². The number of aliphatic hydroxyl groups is 1. The third-order valence-electron chi connectivity index (χ3n) is 11.2. The van der Waals surface area contributed by atoms with E-state index in [0.29, 0.717) is 41.8 Å². The fourth-order valence-corrected chi connectivity index (χ4v) is 9.41. The summed E-state index contributed by atoms with van der Waals surface area (Å²) in [6.45, 7) is 10.3. The predicted octanol–water partition coefficient (Wildman–Crippen LogP) is 4.89. The Balaban J connectivity index is 1.32. The van der Waals surface area contributed by atoms with E-state index in [4.69, 9.17) is 9.47 Å². The van der Waals surface area contributed by atoms with Crippen molar-refractivity contribution in [2.75, 3.05) is 6.61 Å². The van der Waals surface area contributed by atoms with Crippen molar-refractivity contribution in [2.24, 2.45) is 46.3 Å². The van der Waals surface area contributed by atoms with Crippen LogP contribution in [0.25, 0.3) is 0 Å². The average molecular weight is 429 g/mol. The second-order valence-electron chi connectivity index (χ2n) is 12.6. The predicted molar refractivity (Wildman–Crippen MR) is 118 cm³/mol. The zero-order valence-corrected chi connectivity index (χ0v) is 19.7. The molecular formula is C27H40O4. The number of ketones is 1. The van der Waals surface area contributed by atoms with Crippen LogP contribution >= 0.6 is 0 Å². The van der Waals surface area contributed by atoms with Crippen LogP contribution in [0.4, 0.5) is 0 Å². The van der Waals surface area contributed by atoms with Crippen LogP contribution in [0.15, 0.2) is 11.6 Å². The minimum Gasteiger partial charge on any atom is -0.393 e. The normalized spacial score (nSPS) is 58.4. The van der Waals surface area contributed by atoms with Crippen molar-refractivity contribution >= 4 is 5.78 Å². The molecule has 2 saturated heterocycles. The Morgan fingerprint density at radius 1 is 1.06 bits per heavy atom. The molecule has 0 aromatic carbocycles. The highest BCUT2D eigenvalue weighted by Crippen LogP contribution is 2.70. The van der Waals surface area contributed by atoms with Crippen LogP contribution < -0.4 is 0 Å². The molecule has 11 atom stereocenters. The Morgan fingerprint density at radius 3 is 2.61 bits per heavy atom. The van der Waals surface area contributed by atoms with Gasteiger partial charge in [-0.25, -0.2) is 0 Å². The van der Waals surface area contributed by atoms with Crippen LogP contribution in [0.5, 0.6) is 0 Å². The first-order chi connectivity index (χ1) is 14.7. The van der Waals surface area contributed by atoms with Gasteiger partial charge in [-0.1, -0.05) is 33.3 Å². The molecule has 172 valence electrons. The molecule has 0 bridgehead atoms. The molecule has 0 aromatic rings. The van der Waals surface area contributed by atoms with E-state index < -0.39 is 0 Å². The minimum atomic E-state index is -0.387. The summed E-state index contributed by atoms with van der Waals surface area (Å²) in [4.78, 5) is 13.5. The number of carbonyl (C=O) groups is 1. The summed E-state index contributed by atoms with van der Waals surface area (Å²) < 4.78 is 13.2. The summed E-state index contributed by atoms with van der Waals surface area (Å²) in [5, 5.41) is 10.2. The first kappa shape index (κ1) is 20.9. The highest BCUT2D eigenvalue weighted by atomic mass is 16.7. The molecule has 6 aliphatic rings. The Hall–Kier alpha value is -0.710. The third kappa shape index (κ3) is 2.68. The number of allylic oxidation sites excluding steroid dienone is 1. The molecule has 1 N–H and O–H groups in total. The molecule has 31 heavy (non-hydrogen) atoms. The van der Waals surface area contributed by atoms with Crippen molar-refractivity contribution in [2.45, 2.75) is 97.1 Å². The highest BCUT2D eigenvalue weighted by Gasteiger charge is 2.69. The molecule has 0 amide bonds. The van der Waals surface area contributed by atoms with Gasteiger partial charge in [0.25, 0.3) is 0 Å². The van der Waals surface area contributed by atoms with Gasteiger partial charge in [-0.05, 0) is 85.5 Å². The Morgan fingerprint density at radius 2 is 1.87 bits per heavy atom. The van der Waals surface area contributed by atoms with Crippen molar-refractivity contribution in [1.82, 2.24) is 0 Å². The number of hydrogen-bond donors (Lipinski definition) is 1. The lowest BCUT2D eigenvalue weighted by molar-refractivity contribution is -0.272. The number of rotatable bonds is 0. The van der Waals surface area contributed by atoms with Gasteiger partial charge in [0.2, 0.25) is 0 Å². The molecule has 4 aliphatic carbocycles. The number of aliphatic hydroxyl groups excluding tert-OH is 1. The van der Waals surface area contributed by atoms with E-state index in [2.05, 4.69) is 27.7 Å². The molecule has 0 radical (unpaired) electrons. The van der Waals surface area contributed by atoms with E-state index in [9.17, 15) is 9.90 Å². The Bertz CT molecular complexity index is 810. The highest BCUT2D eigenvalue weighted by molar-refractivity contribution is 5.94. The number of ether oxygens (including phenoxy) is 2. The summed E-state index contributed by atoms with van der Waals surface area (Å²) >= 11 is 0. The summed E-state index contributed by atoms with van der Waals surface area (Å²) in [5.41, 5.74) is 1.48. The molecule has 1 spiro atoms. The van der Waals surface area contributed by atoms with Gasteiger partial charge < -0.3 is 14.6 Å². The van der Waals surface area contributed by atoms with Crippen LogP contribution in [-0.4, -0.2) is 35.5 Å². The van der Waals surface area contributed by atoms with Crippen LogP contribution in [0.3, 0.4) is 0 Å². The van der Waals surface area contributed by atoms with Crippen molar-refractivity contribution in [3.8, 4) is 0 Å². The summed E-state index contributed by atoms with van der Waals surface area (Å²) in [6.07, 6.45) is 10.0. The first-order valence-electron chi connectivity index (χ1n) is 12.9. The standard InChI is InChI=1S/C27H40O4/c1-15-5-10-27(30-14-15)16(2)24-22(31-27)13-20-23-19(7-9-26(20,24)4)25(3)8-6-18(28)11-17(25)12-21(23)29/h12,15-16,18-20,22-24,28H,5-11,13-14H2,1-4H3/t15?,16-,18-,19-,20-,22-,23?,24-,25-,26-,27+/m0/s1. The zero-order valence-electron chi connectivity index (χ0n) is 19.7. The fourth-order valence-electron chi connectivity index (χ4n) is 9.41. The maximum Gasteiger partial charge on any atom is 0.171 e. The van der Waals surface area contributed by atoms with Crippen LogP contribution in [-0.2, 0) is 14.3 Å². The van der Waals surface area contributed by atoms with E-state index >= 15 is 0 Å². The maximum absolute atomic E-state index is 13.5. The van der Waals surface area contributed by atoms with Crippen molar-refractivity contribution < 1.29 is 19.4 Å². The molecular weight excluding hydrogens is 388 g/mol. The number of hydrogen-bond acceptors (Lipinski definition) is 4. The average Bonchev–Trinajstić information content (AvgIpc) is 3.16. The molecule has 2 unspecified atom stereocenters. The minimum absolute atomic E-state index is 0.0904. The van der Waals surface area contributed by atoms with Crippen molar-refractivity contribution in [1.29, 1.82) is 0 Å². The molecule has 0 aromatic heterocycles. The number of fused-ring (bicyclic) bond motifs is 7. The third-order valence-corrected chi connectivity index (χ3v) is 11.2. The first-order valence-corrected chi connectivity index (χ1v) is 12.9. The van der Waals surface area contributed by atoms with E-state index in [1.165, 1.54) is 18.4 Å². The van der Waals surface area contributed by atoms with Gasteiger partial charge in [0.05, 0.1) is 18.8 Å². The van der Waals surface area contributed by atoms with E-state index in [-0.39, 0.29) is 34.7 Å². The molecule has 6 rings (SSSR count). The van der Waals surface area contributed by atoms with Crippen molar-refractivity contribution in [3.05, 3.63) is 11.6 Å². The zero-order chi connectivity index (χ0) is 21.8. The van der Waals surface area contributed by atoms with Gasteiger partial charge >= 0.3 is 0 Å². The van der Waals surface area contributed by atoms with Crippen molar-refractivity contribution in [3.63, 3.8) is 0 Å². The smallest absolute Gasteiger partial charge is 0.171 e. The summed E-state index contributed by atoms with van der Waals surface area (Å²) in [6, 6.07) is 0. The quantitative estimate of drug-likeness (QED) is 0.597. The Labute approximate surface area is 187 Å². The Kier molecular flexibility index (Phi) is 4.49. The number of carbonyl (C=O) groups excluding carboxylic acids is 1. The maximum atomic E-state index is 13.5. The lowest BCUT2D eigenvalue weighted by Gasteiger charge is -2.57. The van der Waals surface area contributed by atoms with Crippen LogP contribution in [0.1, 0.15) is 79.1 Å². The van der Waals surface area contributed by atoms with E-state index in [1.807, 2.05) is 6.08 Å². The van der Waals surface area contributed by atoms with E-state index in [1.54, 1.807) is 0 Å². The summed E-state index contributed by atoms with van der Waals surface area (Å²) in [7, 11) is 0. The fraction of sp³-hybridized carbons (Fsp3) is 0.889. The van der Waals surface area contributed by atoms with Crippen LogP contribution in [0, 0.1) is 46.3 Å². The van der Waals surface area contributed by atoms with Gasteiger partial charge in [0.1, 0.15) is 0 Å². The van der Waals surface area contributed by atoms with Gasteiger partial charge in [-0.2, -0.15) is 0 Å². The lowest BCUT2D eigenvalue weighted by atomic mass is 9.46. The second kappa shape index (κ2) is 6.67. The molecule has 5 fully saturated rings. The van der Waals surface area contributed by atoms with Gasteiger partial charge in [-0.3, -0.25) is 4.79 Å². The van der Waals surface area contributed by atoms with E-state index in [0.717, 1.165) is 38.7 Å². The van der Waals surface area contributed by atoms with Gasteiger partial charge in [-0.15, -0.1) is 0 Å². The molecule has 2 aliphatic heterocycles. The lowest BCUT2D eigenvalue weighted by Crippen LogP contribution is -2.54. The second-order valence-corrected chi connectivity index (χ2v) is 12.6. The van der Waals surface area contributed by atoms with Gasteiger partial charge in [0.15, 0.2) is 11.6 Å². The molecule has 3 saturated carbocycles. The van der Waals surface area contributed by atoms with Crippen LogP contribution in [0.2, 0.25) is 0 Å². The summed E-state index contributed by atoms with van der Waals surface area (Å²) in [5.74, 6) is 2.43. The molecule has 4 heteroatoms. The SMILES string of the molecule is CC1CC[C@@]2(OC1)O[C@H]1C[C@H]3C4C(=O)C=C5C[C@@H](O)CC[C@]5(C)[C@H]4CC[C@]3(C)[C@H]1[C@@H]2C. The largest absolute Gasteiger partial charge is 0.393 e. The monoisotopic (exact) mass is 428 g/mol.